The minimum atomic E-state index is -0.238. The molecule has 1 aliphatic rings. The van der Waals surface area contributed by atoms with E-state index in [2.05, 4.69) is 10.6 Å². The molecule has 7 nitrogen and oxygen atoms in total. The zero-order valence-electron chi connectivity index (χ0n) is 18.2. The summed E-state index contributed by atoms with van der Waals surface area (Å²) in [5.74, 6) is 0.401. The Morgan fingerprint density at radius 3 is 1.82 bits per heavy atom. The summed E-state index contributed by atoms with van der Waals surface area (Å²) in [6.45, 7) is 1.20. The van der Waals surface area contributed by atoms with E-state index in [-0.39, 0.29) is 42.9 Å². The molecule has 3 rings (SSSR count). The maximum Gasteiger partial charge on any atom is 0.258 e. The number of hydrogen-bond donors (Lipinski definition) is 2. The van der Waals surface area contributed by atoms with E-state index in [0.717, 1.165) is 25.7 Å². The number of rotatable bonds is 9. The van der Waals surface area contributed by atoms with Crippen LogP contribution in [0.4, 0.5) is 0 Å². The van der Waals surface area contributed by atoms with E-state index in [9.17, 15) is 14.4 Å². The summed E-state index contributed by atoms with van der Waals surface area (Å²) in [6.07, 6.45) is 3.03. The molecule has 9 heteroatoms. The number of ether oxygens (including phenoxy) is 2. The van der Waals surface area contributed by atoms with Crippen LogP contribution in [0.2, 0.25) is 10.0 Å². The molecule has 0 saturated heterocycles. The highest BCUT2D eigenvalue weighted by Crippen LogP contribution is 2.23. The molecular weight excluding hydrogens is 467 g/mol. The predicted octanol–water partition coefficient (Wildman–Crippen LogP) is 4.20. The maximum atomic E-state index is 12.2. The van der Waals surface area contributed by atoms with Crippen molar-refractivity contribution < 1.29 is 23.9 Å². The van der Waals surface area contributed by atoms with Crippen LogP contribution in [-0.4, -0.2) is 42.9 Å². The first-order valence-corrected chi connectivity index (χ1v) is 11.5. The Morgan fingerprint density at radius 1 is 0.818 bits per heavy atom. The van der Waals surface area contributed by atoms with E-state index in [4.69, 9.17) is 32.7 Å². The molecule has 0 atom stereocenters. The van der Waals surface area contributed by atoms with Crippen LogP contribution in [0.5, 0.6) is 11.5 Å². The minimum Gasteiger partial charge on any atom is -0.484 e. The zero-order chi connectivity index (χ0) is 23.8. The van der Waals surface area contributed by atoms with Crippen molar-refractivity contribution in [2.75, 3.05) is 13.2 Å². The van der Waals surface area contributed by atoms with E-state index in [0.29, 0.717) is 27.1 Å². The summed E-state index contributed by atoms with van der Waals surface area (Å²) in [6, 6.07) is 11.6. The second-order valence-electron chi connectivity index (χ2n) is 7.91. The number of amides is 2. The number of halogens is 2. The quantitative estimate of drug-likeness (QED) is 0.511. The van der Waals surface area contributed by atoms with Gasteiger partial charge in [0.1, 0.15) is 11.5 Å². The van der Waals surface area contributed by atoms with Crippen LogP contribution in [-0.2, 0) is 9.59 Å². The summed E-state index contributed by atoms with van der Waals surface area (Å²) in [7, 11) is 0. The third-order valence-electron chi connectivity index (χ3n) is 5.33. The fourth-order valence-corrected chi connectivity index (χ4v) is 3.99. The van der Waals surface area contributed by atoms with Crippen molar-refractivity contribution in [3.05, 3.63) is 58.1 Å². The number of carbonyl (C=O) groups excluding carboxylic acids is 3. The normalized spacial score (nSPS) is 17.7. The number of carbonyl (C=O) groups is 3. The Hall–Kier alpha value is -2.77. The SMILES string of the molecule is CC(=O)c1cc(OCC(=O)N[C@H]2CC[C@H](NC(=O)COc3ccc(Cl)cc3)CC2)ccc1Cl. The largest absolute Gasteiger partial charge is 0.484 e. The van der Waals surface area contributed by atoms with Crippen molar-refractivity contribution in [3.8, 4) is 11.5 Å². The summed E-state index contributed by atoms with van der Waals surface area (Å²) in [5.41, 5.74) is 0.355. The first-order chi connectivity index (χ1) is 15.8. The second-order valence-corrected chi connectivity index (χ2v) is 8.76. The molecule has 2 aromatic rings. The summed E-state index contributed by atoms with van der Waals surface area (Å²) < 4.78 is 11.0. The molecule has 0 radical (unpaired) electrons. The van der Waals surface area contributed by atoms with Crippen molar-refractivity contribution in [1.29, 1.82) is 0 Å². The van der Waals surface area contributed by atoms with Crippen molar-refractivity contribution in [3.63, 3.8) is 0 Å². The smallest absolute Gasteiger partial charge is 0.258 e. The van der Waals surface area contributed by atoms with Gasteiger partial charge in [0, 0.05) is 22.7 Å². The number of hydrogen-bond acceptors (Lipinski definition) is 5. The molecule has 176 valence electrons. The van der Waals surface area contributed by atoms with Crippen molar-refractivity contribution in [2.45, 2.75) is 44.7 Å². The average molecular weight is 493 g/mol. The number of nitrogens with one attached hydrogen (secondary N) is 2. The third kappa shape index (κ3) is 7.94. The molecule has 2 aromatic carbocycles. The fraction of sp³-hybridized carbons (Fsp3) is 0.375. The van der Waals surface area contributed by atoms with Crippen LogP contribution in [0.3, 0.4) is 0 Å². The van der Waals surface area contributed by atoms with Gasteiger partial charge in [-0.3, -0.25) is 14.4 Å². The molecule has 1 fully saturated rings. The number of Topliss-reactive ketones (excluding diaryl/α,β-unsaturated/α-hetero) is 1. The molecule has 0 aliphatic heterocycles. The van der Waals surface area contributed by atoms with Crippen LogP contribution in [0.15, 0.2) is 42.5 Å². The lowest BCUT2D eigenvalue weighted by Gasteiger charge is -2.29. The standard InChI is InChI=1S/C24H26Cl2N2O5/c1-15(29)21-12-20(10-11-22(21)26)33-14-24(31)28-18-6-4-17(5-7-18)27-23(30)13-32-19-8-2-16(25)3-9-19/h2-3,8-12,17-18H,4-7,13-14H2,1H3,(H,27,30)(H,28,31)/t17-,18-. The molecule has 1 saturated carbocycles. The molecule has 33 heavy (non-hydrogen) atoms. The number of benzene rings is 2. The van der Waals surface area contributed by atoms with Gasteiger partial charge in [0.15, 0.2) is 19.0 Å². The molecular formula is C24H26Cl2N2O5. The lowest BCUT2D eigenvalue weighted by molar-refractivity contribution is -0.125. The van der Waals surface area contributed by atoms with Crippen molar-refractivity contribution in [2.24, 2.45) is 0 Å². The first kappa shape index (κ1) is 24.9. The van der Waals surface area contributed by atoms with E-state index in [1.165, 1.54) is 13.0 Å². The van der Waals surface area contributed by atoms with Gasteiger partial charge in [0.2, 0.25) is 0 Å². The van der Waals surface area contributed by atoms with E-state index >= 15 is 0 Å². The summed E-state index contributed by atoms with van der Waals surface area (Å²) in [4.78, 5) is 36.0. The monoisotopic (exact) mass is 492 g/mol. The van der Waals surface area contributed by atoms with Gasteiger partial charge in [-0.2, -0.15) is 0 Å². The molecule has 0 unspecified atom stereocenters. The topological polar surface area (TPSA) is 93.7 Å². The number of ketones is 1. The van der Waals surface area contributed by atoms with E-state index in [1.807, 2.05) is 0 Å². The van der Waals surface area contributed by atoms with Gasteiger partial charge in [-0.05, 0) is 75.1 Å². The Morgan fingerprint density at radius 2 is 1.30 bits per heavy atom. The molecule has 2 N–H and O–H groups in total. The molecule has 1 aliphatic carbocycles. The highest BCUT2D eigenvalue weighted by molar-refractivity contribution is 6.33. The van der Waals surface area contributed by atoms with Gasteiger partial charge in [0.05, 0.1) is 5.02 Å². The van der Waals surface area contributed by atoms with Gasteiger partial charge >= 0.3 is 0 Å². The van der Waals surface area contributed by atoms with Gasteiger partial charge in [-0.1, -0.05) is 23.2 Å². The molecule has 2 amide bonds. The van der Waals surface area contributed by atoms with Crippen LogP contribution in [0, 0.1) is 0 Å². The molecule has 0 aromatic heterocycles. The van der Waals surface area contributed by atoms with Gasteiger partial charge in [-0.25, -0.2) is 0 Å². The van der Waals surface area contributed by atoms with Crippen LogP contribution in [0.1, 0.15) is 43.0 Å². The first-order valence-electron chi connectivity index (χ1n) is 10.7. The van der Waals surface area contributed by atoms with Crippen LogP contribution < -0.4 is 20.1 Å². The molecule has 0 spiro atoms. The molecule has 0 heterocycles. The predicted molar refractivity (Wildman–Crippen MR) is 126 cm³/mol. The summed E-state index contributed by atoms with van der Waals surface area (Å²) in [5, 5.41) is 6.88. The van der Waals surface area contributed by atoms with Crippen molar-refractivity contribution in [1.82, 2.24) is 10.6 Å². The highest BCUT2D eigenvalue weighted by Gasteiger charge is 2.24. The van der Waals surface area contributed by atoms with Gasteiger partial charge in [0.25, 0.3) is 11.8 Å². The zero-order valence-corrected chi connectivity index (χ0v) is 19.7. The van der Waals surface area contributed by atoms with Gasteiger partial charge in [-0.15, -0.1) is 0 Å². The third-order valence-corrected chi connectivity index (χ3v) is 5.91. The Labute approximate surface area is 202 Å². The fourth-order valence-electron chi connectivity index (χ4n) is 3.61. The Kier molecular flexibility index (Phi) is 8.97. The Balaban J connectivity index is 1.34. The van der Waals surface area contributed by atoms with Crippen LogP contribution in [0.25, 0.3) is 0 Å². The maximum absolute atomic E-state index is 12.2. The Bertz CT molecular complexity index is 989. The average Bonchev–Trinajstić information content (AvgIpc) is 2.79. The summed E-state index contributed by atoms with van der Waals surface area (Å²) >= 11 is 11.8. The van der Waals surface area contributed by atoms with E-state index in [1.54, 1.807) is 36.4 Å². The molecule has 0 bridgehead atoms. The minimum absolute atomic E-state index is 0.0255. The van der Waals surface area contributed by atoms with Crippen molar-refractivity contribution >= 4 is 40.8 Å². The highest BCUT2D eigenvalue weighted by atomic mass is 35.5. The van der Waals surface area contributed by atoms with Crippen LogP contribution >= 0.6 is 23.2 Å². The van der Waals surface area contributed by atoms with E-state index < -0.39 is 0 Å². The lowest BCUT2D eigenvalue weighted by Crippen LogP contribution is -2.45. The lowest BCUT2D eigenvalue weighted by atomic mass is 9.91. The van der Waals surface area contributed by atoms with Gasteiger partial charge < -0.3 is 20.1 Å². The second kappa shape index (κ2) is 11.9.